The van der Waals surface area contributed by atoms with Gasteiger partial charge in [-0.1, -0.05) is 59.7 Å². The van der Waals surface area contributed by atoms with Crippen LogP contribution in [0.2, 0.25) is 0 Å². The zero-order valence-electron chi connectivity index (χ0n) is 30.2. The third-order valence-corrected chi connectivity index (χ3v) is 11.8. The Labute approximate surface area is 267 Å². The van der Waals surface area contributed by atoms with Gasteiger partial charge >= 0.3 is 0 Å². The van der Waals surface area contributed by atoms with Crippen LogP contribution in [-0.4, -0.2) is 113 Å². The first-order valence-electron chi connectivity index (χ1n) is 17.7. The van der Waals surface area contributed by atoms with Crippen LogP contribution in [-0.2, 0) is 0 Å². The Kier molecular flexibility index (Phi) is 11.7. The van der Waals surface area contributed by atoms with Crippen LogP contribution >= 0.6 is 0 Å². The first-order chi connectivity index (χ1) is 20.2. The van der Waals surface area contributed by atoms with Crippen LogP contribution in [0.1, 0.15) is 91.5 Å². The van der Waals surface area contributed by atoms with Crippen LogP contribution in [0.4, 0.5) is 5.69 Å². The van der Waals surface area contributed by atoms with Crippen molar-refractivity contribution in [1.29, 1.82) is 0 Å². The Hall–Kier alpha value is -1.14. The number of para-hydroxylation sites is 1. The van der Waals surface area contributed by atoms with E-state index in [2.05, 4.69) is 126 Å². The standard InChI is InChI=1S/C10H13N.C8H15N.C7H13N.C7H15N.C6H13N/c1-8-7-11(2)10-6-4-3-5-9(8)10;1-6-5-7-3-4-8(6)9(7)2;1-7-3-6(7)4-8(2)5-7;1-7(2)4-5-8(3)6-7;1-6-3-4-7(2)5-6/h3-6,8H,7H2,1-2H3;6-8H,3-5H2,1-2H3;6H,3-5H2,1-2H3;4-6H2,1-3H3;6H,3-5H2,1-2H3. The summed E-state index contributed by atoms with van der Waals surface area (Å²) < 4.78 is 0. The van der Waals surface area contributed by atoms with E-state index in [1.807, 2.05) is 0 Å². The lowest BCUT2D eigenvalue weighted by Crippen LogP contribution is -2.24. The SMILES string of the molecule is CC1CC2CCC1N2C.CC1CCN(C)C1.CC1CN(C)c2ccccc21.CN1CC2CC2(C)C1.CN1CCC(C)(C)C1. The molecule has 6 heterocycles. The normalized spacial score (nSPS) is 37.2. The second-order valence-electron chi connectivity index (χ2n) is 17.1. The number of hydrogen-bond acceptors (Lipinski definition) is 5. The monoisotopic (exact) mass is 596 g/mol. The van der Waals surface area contributed by atoms with E-state index in [0.29, 0.717) is 11.3 Å². The number of rotatable bonds is 0. The summed E-state index contributed by atoms with van der Waals surface area (Å²) in [6, 6.07) is 10.5. The van der Waals surface area contributed by atoms with E-state index in [4.69, 9.17) is 0 Å². The number of piperidine rings is 1. The number of hydrogen-bond donors (Lipinski definition) is 0. The smallest absolute Gasteiger partial charge is 0.0399 e. The van der Waals surface area contributed by atoms with Gasteiger partial charge in [0.1, 0.15) is 0 Å². The van der Waals surface area contributed by atoms with Crippen molar-refractivity contribution in [3.8, 4) is 0 Å². The molecule has 1 aromatic carbocycles. The van der Waals surface area contributed by atoms with Gasteiger partial charge in [0, 0.05) is 63.5 Å². The summed E-state index contributed by atoms with van der Waals surface area (Å²) in [6.45, 7) is 23.1. The maximum atomic E-state index is 2.57. The molecule has 7 unspecified atom stereocenters. The minimum atomic E-state index is 0.592. The van der Waals surface area contributed by atoms with E-state index in [1.165, 1.54) is 95.6 Å². The summed E-state index contributed by atoms with van der Waals surface area (Å²) >= 11 is 0. The number of nitrogens with zero attached hydrogens (tertiary/aromatic N) is 5. The molecule has 1 aliphatic carbocycles. The lowest BCUT2D eigenvalue weighted by atomic mass is 9.91. The fourth-order valence-corrected chi connectivity index (χ4v) is 9.03. The van der Waals surface area contributed by atoms with Crippen LogP contribution in [0.5, 0.6) is 0 Å². The molecule has 43 heavy (non-hydrogen) atoms. The highest BCUT2D eigenvalue weighted by Gasteiger charge is 2.55. The number of likely N-dealkylation sites (tertiary alicyclic amines) is 3. The van der Waals surface area contributed by atoms with Gasteiger partial charge in [-0.05, 0) is 120 Å². The van der Waals surface area contributed by atoms with Crippen LogP contribution in [0.3, 0.4) is 0 Å². The molecule has 1 aromatic rings. The molecule has 0 N–H and O–H groups in total. The first-order valence-corrected chi connectivity index (χ1v) is 17.7. The lowest BCUT2D eigenvalue weighted by molar-refractivity contribution is 0.296. The van der Waals surface area contributed by atoms with E-state index in [1.54, 1.807) is 0 Å². The second kappa shape index (κ2) is 14.5. The number of anilines is 1. The van der Waals surface area contributed by atoms with Gasteiger partial charge in [-0.3, -0.25) is 0 Å². The molecule has 0 spiro atoms. The number of likely N-dealkylation sites (N-methyl/N-ethyl adjacent to an activating group) is 1. The summed E-state index contributed by atoms with van der Waals surface area (Å²) in [6.07, 6.45) is 8.65. The molecule has 0 radical (unpaired) electrons. The topological polar surface area (TPSA) is 16.2 Å². The highest BCUT2D eigenvalue weighted by Crippen LogP contribution is 2.56. The van der Waals surface area contributed by atoms with Crippen molar-refractivity contribution in [2.45, 2.75) is 98.1 Å². The Morgan fingerprint density at radius 2 is 1.47 bits per heavy atom. The molecule has 246 valence electrons. The molecule has 1 saturated carbocycles. The van der Waals surface area contributed by atoms with Crippen molar-refractivity contribution in [2.24, 2.45) is 28.6 Å². The second-order valence-corrected chi connectivity index (χ2v) is 17.1. The Bertz CT molecular complexity index is 968. The molecule has 0 amide bonds. The van der Waals surface area contributed by atoms with Gasteiger partial charge < -0.3 is 24.5 Å². The molecule has 8 rings (SSSR count). The highest BCUT2D eigenvalue weighted by molar-refractivity contribution is 5.59. The Morgan fingerprint density at radius 1 is 0.744 bits per heavy atom. The van der Waals surface area contributed by atoms with E-state index in [0.717, 1.165) is 35.3 Å². The van der Waals surface area contributed by atoms with Crippen LogP contribution < -0.4 is 4.90 Å². The minimum absolute atomic E-state index is 0.592. The van der Waals surface area contributed by atoms with Gasteiger partial charge in [0.05, 0.1) is 0 Å². The molecular weight excluding hydrogens is 526 g/mol. The average molecular weight is 596 g/mol. The third-order valence-electron chi connectivity index (χ3n) is 11.8. The van der Waals surface area contributed by atoms with Crippen molar-refractivity contribution >= 4 is 5.69 Å². The zero-order valence-corrected chi connectivity index (χ0v) is 30.2. The molecular formula is C38H69N5. The van der Waals surface area contributed by atoms with Crippen LogP contribution in [0.25, 0.3) is 0 Å². The first kappa shape index (κ1) is 34.7. The van der Waals surface area contributed by atoms with Crippen molar-refractivity contribution in [2.75, 3.05) is 86.0 Å². The maximum absolute atomic E-state index is 2.57. The van der Waals surface area contributed by atoms with Crippen molar-refractivity contribution in [3.63, 3.8) is 0 Å². The molecule has 5 heteroatoms. The average Bonchev–Trinajstić information content (AvgIpc) is 3.53. The van der Waals surface area contributed by atoms with Crippen molar-refractivity contribution < 1.29 is 0 Å². The Balaban J connectivity index is 0.000000124. The summed E-state index contributed by atoms with van der Waals surface area (Å²) in [7, 11) is 11.0. The molecule has 7 atom stereocenters. The largest absolute Gasteiger partial charge is 0.374 e. The fourth-order valence-electron chi connectivity index (χ4n) is 9.03. The number of fused-ring (bicyclic) bond motifs is 4. The third kappa shape index (κ3) is 9.44. The summed E-state index contributed by atoms with van der Waals surface area (Å²) in [5, 5.41) is 0. The zero-order chi connectivity index (χ0) is 31.5. The Morgan fingerprint density at radius 3 is 1.79 bits per heavy atom. The quantitative estimate of drug-likeness (QED) is 0.320. The molecule has 7 aliphatic rings. The number of benzene rings is 1. The van der Waals surface area contributed by atoms with Crippen molar-refractivity contribution in [1.82, 2.24) is 19.6 Å². The highest BCUT2D eigenvalue weighted by atomic mass is 15.2. The summed E-state index contributed by atoms with van der Waals surface area (Å²) in [4.78, 5) is 12.1. The van der Waals surface area contributed by atoms with Crippen LogP contribution in [0.15, 0.2) is 24.3 Å². The van der Waals surface area contributed by atoms with Crippen molar-refractivity contribution in [3.05, 3.63) is 29.8 Å². The van der Waals surface area contributed by atoms with Gasteiger partial charge in [-0.25, -0.2) is 0 Å². The molecule has 5 saturated heterocycles. The maximum Gasteiger partial charge on any atom is 0.0399 e. The van der Waals surface area contributed by atoms with E-state index in [-0.39, 0.29) is 0 Å². The van der Waals surface area contributed by atoms with Gasteiger partial charge in [0.15, 0.2) is 0 Å². The lowest BCUT2D eigenvalue weighted by Gasteiger charge is -2.16. The van der Waals surface area contributed by atoms with E-state index in [9.17, 15) is 0 Å². The predicted molar refractivity (Wildman–Crippen MR) is 187 cm³/mol. The molecule has 6 aliphatic heterocycles. The van der Waals surface area contributed by atoms with Gasteiger partial charge in [-0.2, -0.15) is 0 Å². The van der Waals surface area contributed by atoms with Gasteiger partial charge in [0.2, 0.25) is 0 Å². The molecule has 5 nitrogen and oxygen atoms in total. The predicted octanol–water partition coefficient (Wildman–Crippen LogP) is 6.99. The minimum Gasteiger partial charge on any atom is -0.374 e. The molecule has 2 bridgehead atoms. The molecule has 0 aromatic heterocycles. The van der Waals surface area contributed by atoms with E-state index >= 15 is 0 Å². The van der Waals surface area contributed by atoms with Gasteiger partial charge in [0.25, 0.3) is 0 Å². The summed E-state index contributed by atoms with van der Waals surface area (Å²) in [5.41, 5.74) is 4.25. The van der Waals surface area contributed by atoms with Gasteiger partial charge in [-0.15, -0.1) is 0 Å². The summed E-state index contributed by atoms with van der Waals surface area (Å²) in [5.74, 6) is 3.70. The van der Waals surface area contributed by atoms with Crippen LogP contribution in [0, 0.1) is 28.6 Å². The van der Waals surface area contributed by atoms with E-state index < -0.39 is 0 Å². The fraction of sp³-hybridized carbons (Fsp3) is 0.842. The molecule has 6 fully saturated rings.